The molecule has 0 heterocycles. The van der Waals surface area contributed by atoms with Crippen LogP contribution < -0.4 is 9.62 Å². The summed E-state index contributed by atoms with van der Waals surface area (Å²) >= 11 is 6.01. The second-order valence-corrected chi connectivity index (χ2v) is 11.9. The highest BCUT2D eigenvalue weighted by atomic mass is 35.5. The lowest BCUT2D eigenvalue weighted by atomic mass is 9.95. The van der Waals surface area contributed by atoms with Crippen molar-refractivity contribution in [2.24, 2.45) is 0 Å². The normalized spacial score (nSPS) is 15.3. The average molecular weight is 553 g/mol. The Kier molecular flexibility index (Phi) is 9.92. The molecule has 0 radical (unpaired) electrons. The molecule has 1 atom stereocenters. The van der Waals surface area contributed by atoms with E-state index >= 15 is 0 Å². The van der Waals surface area contributed by atoms with E-state index in [-0.39, 0.29) is 24.2 Å². The predicted octanol–water partition coefficient (Wildman–Crippen LogP) is 3.96. The fourth-order valence-corrected chi connectivity index (χ4v) is 5.44. The van der Waals surface area contributed by atoms with E-state index in [1.165, 1.54) is 31.1 Å². The van der Waals surface area contributed by atoms with Crippen LogP contribution in [0.1, 0.15) is 44.6 Å². The van der Waals surface area contributed by atoms with Gasteiger partial charge in [-0.2, -0.15) is 12.7 Å². The fraction of sp³-hybridized carbons (Fsp3) is 0.462. The number of rotatable bonds is 10. The first kappa shape index (κ1) is 28.9. The summed E-state index contributed by atoms with van der Waals surface area (Å²) in [6.07, 6.45) is 5.01. The van der Waals surface area contributed by atoms with E-state index in [0.717, 1.165) is 58.4 Å². The van der Waals surface area contributed by atoms with Gasteiger partial charge in [-0.15, -0.1) is 0 Å². The van der Waals surface area contributed by atoms with Crippen molar-refractivity contribution in [1.29, 1.82) is 0 Å². The first-order valence-corrected chi connectivity index (χ1v) is 14.1. The van der Waals surface area contributed by atoms with Gasteiger partial charge in [0.1, 0.15) is 18.4 Å². The summed E-state index contributed by atoms with van der Waals surface area (Å²) in [6, 6.07) is 10.9. The van der Waals surface area contributed by atoms with E-state index in [1.807, 2.05) is 0 Å². The van der Waals surface area contributed by atoms with E-state index in [1.54, 1.807) is 31.2 Å². The number of amides is 2. The van der Waals surface area contributed by atoms with Gasteiger partial charge in [-0.1, -0.05) is 43.0 Å². The highest BCUT2D eigenvalue weighted by molar-refractivity contribution is 7.90. The molecule has 1 fully saturated rings. The molecule has 1 saturated carbocycles. The number of nitrogens with one attached hydrogen (secondary N) is 1. The van der Waals surface area contributed by atoms with Gasteiger partial charge in [0.25, 0.3) is 0 Å². The number of anilines is 1. The first-order valence-electron chi connectivity index (χ1n) is 12.3. The first-order chi connectivity index (χ1) is 17.5. The molecule has 0 saturated heterocycles. The Balaban J connectivity index is 1.90. The molecule has 3 rings (SSSR count). The van der Waals surface area contributed by atoms with Crippen LogP contribution in [0.15, 0.2) is 48.5 Å². The molecule has 8 nitrogen and oxygen atoms in total. The molecule has 2 amide bonds. The van der Waals surface area contributed by atoms with Crippen LogP contribution in [-0.4, -0.2) is 62.2 Å². The van der Waals surface area contributed by atoms with Crippen LogP contribution in [0, 0.1) is 5.82 Å². The minimum atomic E-state index is -4.10. The van der Waals surface area contributed by atoms with Gasteiger partial charge >= 0.3 is 10.2 Å². The summed E-state index contributed by atoms with van der Waals surface area (Å²) < 4.78 is 41.7. The molecule has 0 spiro atoms. The van der Waals surface area contributed by atoms with Gasteiger partial charge in [0, 0.05) is 31.7 Å². The second-order valence-electron chi connectivity index (χ2n) is 9.44. The van der Waals surface area contributed by atoms with Crippen LogP contribution in [-0.2, 0) is 26.3 Å². The lowest BCUT2D eigenvalue weighted by Crippen LogP contribution is -2.53. The standard InChI is InChI=1S/C26H34ClFN4O4S/c1-19(26(34)29-23-7-5-4-6-8-23)31(17-20-9-11-21(27)12-10-20)25(33)18-32(37(35,36)30(2)3)24-15-13-22(28)14-16-24/h9-16,19,23H,4-8,17-18H2,1-3H3,(H,29,34). The minimum Gasteiger partial charge on any atom is -0.352 e. The van der Waals surface area contributed by atoms with Gasteiger partial charge < -0.3 is 10.2 Å². The van der Waals surface area contributed by atoms with Gasteiger partial charge in [0.15, 0.2) is 0 Å². The molecule has 2 aromatic rings. The van der Waals surface area contributed by atoms with Gasteiger partial charge in [0.05, 0.1) is 5.69 Å². The van der Waals surface area contributed by atoms with Crippen molar-refractivity contribution in [1.82, 2.24) is 14.5 Å². The van der Waals surface area contributed by atoms with Crippen LogP contribution in [0.4, 0.5) is 10.1 Å². The zero-order valence-corrected chi connectivity index (χ0v) is 22.9. The average Bonchev–Trinajstić information content (AvgIpc) is 2.87. The number of carbonyl (C=O) groups excluding carboxylic acids is 2. The van der Waals surface area contributed by atoms with Crippen LogP contribution in [0.2, 0.25) is 5.02 Å². The minimum absolute atomic E-state index is 0.0565. The molecule has 202 valence electrons. The number of benzene rings is 2. The lowest BCUT2D eigenvalue weighted by molar-refractivity contribution is -0.139. The largest absolute Gasteiger partial charge is 0.352 e. The van der Waals surface area contributed by atoms with Gasteiger partial charge in [-0.3, -0.25) is 9.59 Å². The molecule has 0 aromatic heterocycles. The van der Waals surface area contributed by atoms with Crippen molar-refractivity contribution in [2.45, 2.75) is 57.7 Å². The third kappa shape index (κ3) is 7.66. The van der Waals surface area contributed by atoms with Gasteiger partial charge in [-0.05, 0) is 61.7 Å². The van der Waals surface area contributed by atoms with Crippen molar-refractivity contribution in [3.05, 3.63) is 64.9 Å². The highest BCUT2D eigenvalue weighted by Crippen LogP contribution is 2.22. The highest BCUT2D eigenvalue weighted by Gasteiger charge is 2.33. The molecular formula is C26H34ClFN4O4S. The maximum absolute atomic E-state index is 13.7. The Morgan fingerprint density at radius 2 is 1.62 bits per heavy atom. The molecule has 11 heteroatoms. The molecule has 1 aliphatic carbocycles. The lowest BCUT2D eigenvalue weighted by Gasteiger charge is -2.34. The molecule has 37 heavy (non-hydrogen) atoms. The zero-order chi connectivity index (χ0) is 27.2. The molecular weight excluding hydrogens is 519 g/mol. The Hall–Kier alpha value is -2.69. The Labute approximate surface area is 223 Å². The summed E-state index contributed by atoms with van der Waals surface area (Å²) in [5, 5.41) is 3.58. The number of hydrogen-bond donors (Lipinski definition) is 1. The number of nitrogens with zero attached hydrogens (tertiary/aromatic N) is 3. The Morgan fingerprint density at radius 3 is 2.19 bits per heavy atom. The van der Waals surface area contributed by atoms with E-state index in [2.05, 4.69) is 5.32 Å². The van der Waals surface area contributed by atoms with Gasteiger partial charge in [-0.25, -0.2) is 8.70 Å². The third-order valence-electron chi connectivity index (χ3n) is 6.52. The molecule has 1 N–H and O–H groups in total. The molecule has 0 aliphatic heterocycles. The second kappa shape index (κ2) is 12.7. The van der Waals surface area contributed by atoms with E-state index in [9.17, 15) is 22.4 Å². The number of halogens is 2. The van der Waals surface area contributed by atoms with Crippen molar-refractivity contribution in [3.8, 4) is 0 Å². The zero-order valence-electron chi connectivity index (χ0n) is 21.4. The van der Waals surface area contributed by atoms with E-state index in [0.29, 0.717) is 5.02 Å². The summed E-state index contributed by atoms with van der Waals surface area (Å²) in [7, 11) is -1.40. The Morgan fingerprint density at radius 1 is 1.03 bits per heavy atom. The third-order valence-corrected chi connectivity index (χ3v) is 8.59. The summed E-state index contributed by atoms with van der Waals surface area (Å²) in [4.78, 5) is 28.2. The predicted molar refractivity (Wildman–Crippen MR) is 143 cm³/mol. The molecule has 2 aromatic carbocycles. The van der Waals surface area contributed by atoms with Crippen LogP contribution in [0.3, 0.4) is 0 Å². The van der Waals surface area contributed by atoms with Crippen molar-refractivity contribution in [3.63, 3.8) is 0 Å². The summed E-state index contributed by atoms with van der Waals surface area (Å²) in [5.74, 6) is -1.40. The van der Waals surface area contributed by atoms with Crippen LogP contribution in [0.5, 0.6) is 0 Å². The molecule has 1 unspecified atom stereocenters. The SMILES string of the molecule is CC(C(=O)NC1CCCCC1)N(Cc1ccc(Cl)cc1)C(=O)CN(c1ccc(F)cc1)S(=O)(=O)N(C)C. The Bertz CT molecular complexity index is 1170. The molecule has 0 bridgehead atoms. The fourth-order valence-electron chi connectivity index (χ4n) is 4.26. The number of hydrogen-bond acceptors (Lipinski definition) is 4. The quantitative estimate of drug-likeness (QED) is 0.483. The van der Waals surface area contributed by atoms with Crippen molar-refractivity contribution in [2.75, 3.05) is 24.9 Å². The maximum Gasteiger partial charge on any atom is 0.304 e. The van der Waals surface area contributed by atoms with Gasteiger partial charge in [0.2, 0.25) is 11.8 Å². The van der Waals surface area contributed by atoms with E-state index < -0.39 is 34.5 Å². The van der Waals surface area contributed by atoms with Crippen LogP contribution >= 0.6 is 11.6 Å². The van der Waals surface area contributed by atoms with Crippen LogP contribution in [0.25, 0.3) is 0 Å². The molecule has 1 aliphatic rings. The summed E-state index contributed by atoms with van der Waals surface area (Å²) in [6.45, 7) is 1.14. The summed E-state index contributed by atoms with van der Waals surface area (Å²) in [5.41, 5.74) is 0.869. The maximum atomic E-state index is 13.7. The van der Waals surface area contributed by atoms with Crippen molar-refractivity contribution < 1.29 is 22.4 Å². The topological polar surface area (TPSA) is 90.0 Å². The number of carbonyl (C=O) groups is 2. The smallest absolute Gasteiger partial charge is 0.304 e. The van der Waals surface area contributed by atoms with E-state index in [4.69, 9.17) is 11.6 Å². The monoisotopic (exact) mass is 552 g/mol. The van der Waals surface area contributed by atoms with Crippen molar-refractivity contribution >= 4 is 39.3 Å².